The van der Waals surface area contributed by atoms with Crippen molar-refractivity contribution in [2.45, 2.75) is 18.3 Å². The monoisotopic (exact) mass is 480 g/mol. The van der Waals surface area contributed by atoms with E-state index in [2.05, 4.69) is 25.9 Å². The van der Waals surface area contributed by atoms with Gasteiger partial charge in [-0.3, -0.25) is 19.3 Å². The molecule has 0 aromatic carbocycles. The normalized spacial score (nSPS) is 22.6. The van der Waals surface area contributed by atoms with Crippen LogP contribution in [0.25, 0.3) is 0 Å². The number of hydrazine groups is 3. The Morgan fingerprint density at radius 2 is 2.23 bits per heavy atom. The number of aliphatic carboxylic acids is 1. The maximum absolute atomic E-state index is 12.6. The molecule has 0 aromatic heterocycles. The van der Waals surface area contributed by atoms with Crippen LogP contribution in [-0.4, -0.2) is 80.2 Å². The van der Waals surface area contributed by atoms with Gasteiger partial charge in [-0.25, -0.2) is 10.9 Å². The minimum Gasteiger partial charge on any atom is -0.543 e. The molecule has 4 N–H and O–H groups in total. The Morgan fingerprint density at radius 3 is 2.77 bits per heavy atom. The summed E-state index contributed by atoms with van der Waals surface area (Å²) < 4.78 is 0. The number of carboxylic acid groups (broad SMARTS) is 1. The summed E-state index contributed by atoms with van der Waals surface area (Å²) >= 11 is 2.21. The number of fused-ring (bicyclic) bond motifs is 1. The number of thioether (sulfide) groups is 2. The van der Waals surface area contributed by atoms with Crippen molar-refractivity contribution < 1.29 is 58.7 Å². The quantitative estimate of drug-likeness (QED) is 0.0845. The predicted molar refractivity (Wildman–Crippen MR) is 104 cm³/mol. The zero-order valence-electron chi connectivity index (χ0n) is 16.7. The third-order valence-electron chi connectivity index (χ3n) is 4.09. The van der Waals surface area contributed by atoms with Crippen LogP contribution in [0.15, 0.2) is 21.5 Å². The number of hydrogen-bond acceptors (Lipinski definition) is 13. The van der Waals surface area contributed by atoms with E-state index < -0.39 is 29.2 Å². The molecule has 0 aromatic rings. The first-order valence-electron chi connectivity index (χ1n) is 8.32. The molecule has 0 saturated carbocycles. The molecule has 14 nitrogen and oxygen atoms in total. The molecule has 2 atom stereocenters. The second-order valence-corrected chi connectivity index (χ2v) is 8.28. The number of nitrogens with one attached hydrogen (secondary N) is 2. The molecule has 2 amide bonds. The SMILES string of the molecule is CON=C(C(=O)NC1C(=O)N2C(C(=O)[O-])=C(CSC(C)=O)CS[C@H]12)N1C=NN(N)N1.[Na+]. The molecule has 1 fully saturated rings. The number of hydrogen-bond donors (Lipinski definition) is 3. The Balaban J connectivity index is 0.00000341. The number of hydrazone groups is 1. The summed E-state index contributed by atoms with van der Waals surface area (Å²) in [5, 5.41) is 22.5. The van der Waals surface area contributed by atoms with Crippen molar-refractivity contribution in [3.8, 4) is 0 Å². The molecule has 3 aliphatic rings. The molecule has 1 unspecified atom stereocenters. The van der Waals surface area contributed by atoms with E-state index in [9.17, 15) is 24.3 Å². The van der Waals surface area contributed by atoms with Crippen LogP contribution in [0, 0.1) is 0 Å². The summed E-state index contributed by atoms with van der Waals surface area (Å²) in [7, 11) is 1.23. The van der Waals surface area contributed by atoms with Crippen molar-refractivity contribution in [1.29, 1.82) is 0 Å². The van der Waals surface area contributed by atoms with Crippen LogP contribution in [-0.2, 0) is 24.0 Å². The van der Waals surface area contributed by atoms with Crippen LogP contribution in [0.3, 0.4) is 0 Å². The minimum absolute atomic E-state index is 0. The van der Waals surface area contributed by atoms with Crippen LogP contribution < -0.4 is 51.4 Å². The van der Waals surface area contributed by atoms with Crippen molar-refractivity contribution in [3.05, 3.63) is 11.3 Å². The molecule has 3 heterocycles. The average Bonchev–Trinajstić information content (AvgIpc) is 3.13. The van der Waals surface area contributed by atoms with Gasteiger partial charge in [-0.05, 0) is 5.57 Å². The van der Waals surface area contributed by atoms with E-state index in [-0.39, 0.29) is 57.7 Å². The molecular formula is C14H17N8NaO6S2. The number of β-lactam (4-membered cyclic amide) rings is 1. The first-order chi connectivity index (χ1) is 14.2. The molecule has 162 valence electrons. The van der Waals surface area contributed by atoms with Crippen LogP contribution in [0.4, 0.5) is 0 Å². The Bertz CT molecular complexity index is 883. The molecule has 3 rings (SSSR count). The molecule has 0 spiro atoms. The van der Waals surface area contributed by atoms with Gasteiger partial charge in [-0.15, -0.1) is 27.6 Å². The van der Waals surface area contributed by atoms with Gasteiger partial charge >= 0.3 is 29.6 Å². The smallest absolute Gasteiger partial charge is 0.543 e. The minimum atomic E-state index is -1.51. The molecule has 17 heteroatoms. The number of nitrogens with zero attached hydrogens (tertiary/aromatic N) is 5. The number of carboxylic acids is 1. The van der Waals surface area contributed by atoms with E-state index in [0.717, 1.165) is 33.2 Å². The fourth-order valence-electron chi connectivity index (χ4n) is 2.83. The van der Waals surface area contributed by atoms with E-state index in [1.54, 1.807) is 0 Å². The summed E-state index contributed by atoms with van der Waals surface area (Å²) in [6, 6.07) is -0.991. The average molecular weight is 480 g/mol. The number of carbonyl (C=O) groups is 4. The van der Waals surface area contributed by atoms with Gasteiger partial charge in [0.2, 0.25) is 0 Å². The van der Waals surface area contributed by atoms with Gasteiger partial charge in [-0.1, -0.05) is 16.9 Å². The summed E-state index contributed by atoms with van der Waals surface area (Å²) in [4.78, 5) is 53.8. The molecule has 31 heavy (non-hydrogen) atoms. The fourth-order valence-corrected chi connectivity index (χ4v) is 4.92. The second kappa shape index (κ2) is 10.7. The number of oxime groups is 1. The number of amidine groups is 1. The van der Waals surface area contributed by atoms with Crippen molar-refractivity contribution in [3.63, 3.8) is 0 Å². The Kier molecular flexibility index (Phi) is 8.75. The third-order valence-corrected chi connectivity index (χ3v) is 6.33. The van der Waals surface area contributed by atoms with E-state index in [1.165, 1.54) is 25.8 Å². The molecule has 3 aliphatic heterocycles. The zero-order chi connectivity index (χ0) is 22.0. The van der Waals surface area contributed by atoms with Gasteiger partial charge in [0.25, 0.3) is 17.6 Å². The van der Waals surface area contributed by atoms with Crippen LogP contribution in [0.1, 0.15) is 6.92 Å². The zero-order valence-corrected chi connectivity index (χ0v) is 20.4. The van der Waals surface area contributed by atoms with Crippen LogP contribution >= 0.6 is 23.5 Å². The largest absolute Gasteiger partial charge is 1.00 e. The van der Waals surface area contributed by atoms with Crippen molar-refractivity contribution in [1.82, 2.24) is 26.0 Å². The summed E-state index contributed by atoms with van der Waals surface area (Å²) in [5.74, 6) is 2.62. The number of rotatable bonds is 5. The summed E-state index contributed by atoms with van der Waals surface area (Å²) in [6.07, 6.45) is 1.16. The first kappa shape index (κ1) is 25.4. The third kappa shape index (κ3) is 5.33. The maximum atomic E-state index is 12.6. The summed E-state index contributed by atoms with van der Waals surface area (Å²) in [6.45, 7) is 1.37. The Labute approximate surface area is 206 Å². The van der Waals surface area contributed by atoms with Crippen LogP contribution in [0.2, 0.25) is 0 Å². The maximum Gasteiger partial charge on any atom is 1.00 e. The second-order valence-electron chi connectivity index (χ2n) is 6.02. The molecule has 0 bridgehead atoms. The number of amides is 2. The number of carbonyl (C=O) groups excluding carboxylic acids is 4. The van der Waals surface area contributed by atoms with Crippen LogP contribution in [0.5, 0.6) is 0 Å². The summed E-state index contributed by atoms with van der Waals surface area (Å²) in [5.41, 5.74) is 2.62. The predicted octanol–water partition coefficient (Wildman–Crippen LogP) is -6.51. The molecular weight excluding hydrogens is 463 g/mol. The first-order valence-corrected chi connectivity index (χ1v) is 10.4. The Morgan fingerprint density at radius 1 is 1.52 bits per heavy atom. The topological polar surface area (TPSA) is 185 Å². The van der Waals surface area contributed by atoms with Crippen molar-refractivity contribution in [2.75, 3.05) is 18.6 Å². The Hall–Kier alpha value is -1.82. The van der Waals surface area contributed by atoms with E-state index >= 15 is 0 Å². The van der Waals surface area contributed by atoms with Gasteiger partial charge in [0.05, 0.1) is 11.7 Å². The van der Waals surface area contributed by atoms with Gasteiger partial charge in [0.15, 0.2) is 5.12 Å². The van der Waals surface area contributed by atoms with E-state index in [1.807, 2.05) is 0 Å². The number of nitrogens with two attached hydrogens (primary N) is 1. The van der Waals surface area contributed by atoms with Gasteiger partial charge in [-0.2, -0.15) is 0 Å². The van der Waals surface area contributed by atoms with Crippen molar-refractivity contribution >= 4 is 58.6 Å². The van der Waals surface area contributed by atoms with Gasteiger partial charge in [0, 0.05) is 18.4 Å². The molecule has 1 saturated heterocycles. The molecule has 0 radical (unpaired) electrons. The molecule has 0 aliphatic carbocycles. The van der Waals surface area contributed by atoms with Gasteiger partial charge in [0.1, 0.15) is 24.9 Å². The fraction of sp³-hybridized carbons (Fsp3) is 0.429. The van der Waals surface area contributed by atoms with Crippen molar-refractivity contribution in [2.24, 2.45) is 16.1 Å². The van der Waals surface area contributed by atoms with E-state index in [0.29, 0.717) is 5.57 Å². The van der Waals surface area contributed by atoms with E-state index in [4.69, 9.17) is 5.84 Å². The standard InChI is InChI=1S/C14H18N8O6S2.Na/c1-6(23)29-3-7-4-30-13-8(12(25)21(13)9(7)14(26)27)17-11(24)10(18-28-2)20-5-16-22(15)19-20;/h5,8,13,19H,3-4,15H2,1-2H3,(H,17,24)(H,26,27);/q;+1/p-1/t8?,13-;/m1./s1. The van der Waals surface area contributed by atoms with Gasteiger partial charge < -0.3 is 20.1 Å².